The Morgan fingerprint density at radius 3 is 2.68 bits per heavy atom. The van der Waals surface area contributed by atoms with Gasteiger partial charge in [-0.05, 0) is 50.1 Å². The number of H-pyrrole nitrogens is 1. The van der Waals surface area contributed by atoms with Gasteiger partial charge in [0.05, 0.1) is 0 Å². The van der Waals surface area contributed by atoms with Crippen LogP contribution in [0.25, 0.3) is 11.1 Å². The zero-order valence-corrected chi connectivity index (χ0v) is 17.7. The monoisotopic (exact) mass is 412 g/mol. The van der Waals surface area contributed by atoms with E-state index in [0.717, 1.165) is 33.8 Å². The number of nitrogens with one attached hydrogen (secondary N) is 3. The van der Waals surface area contributed by atoms with Crippen molar-refractivity contribution in [1.29, 1.82) is 0 Å². The minimum Gasteiger partial charge on any atom is -0.366 e. The van der Waals surface area contributed by atoms with E-state index in [2.05, 4.69) is 36.9 Å². The van der Waals surface area contributed by atoms with E-state index in [4.69, 9.17) is 0 Å². The Bertz CT molecular complexity index is 1230. The summed E-state index contributed by atoms with van der Waals surface area (Å²) in [6.45, 7) is 6.38. The molecule has 0 aliphatic rings. The van der Waals surface area contributed by atoms with Crippen molar-refractivity contribution in [2.75, 3.05) is 10.6 Å². The van der Waals surface area contributed by atoms with Crippen molar-refractivity contribution >= 4 is 17.5 Å². The van der Waals surface area contributed by atoms with Crippen LogP contribution in [0.15, 0.2) is 60.8 Å². The Morgan fingerprint density at radius 1 is 1.03 bits per heavy atom. The minimum absolute atomic E-state index is 0.208. The molecule has 0 unspecified atom stereocenters. The fourth-order valence-corrected chi connectivity index (χ4v) is 3.42. The second-order valence-corrected chi connectivity index (χ2v) is 7.44. The third kappa shape index (κ3) is 4.78. The van der Waals surface area contributed by atoms with Crippen molar-refractivity contribution < 1.29 is 4.79 Å². The van der Waals surface area contributed by atoms with Crippen LogP contribution in [0.5, 0.6) is 0 Å². The van der Waals surface area contributed by atoms with Gasteiger partial charge in [0.2, 0.25) is 0 Å². The summed E-state index contributed by atoms with van der Waals surface area (Å²) in [5.41, 5.74) is 5.50. The molecule has 0 saturated carbocycles. The number of aromatic amines is 1. The Balaban J connectivity index is 1.50. The number of anilines is 2. The normalized spacial score (nSPS) is 10.7. The second kappa shape index (κ2) is 8.79. The van der Waals surface area contributed by atoms with Crippen molar-refractivity contribution in [2.45, 2.75) is 27.3 Å². The summed E-state index contributed by atoms with van der Waals surface area (Å²) in [4.78, 5) is 21.4. The summed E-state index contributed by atoms with van der Waals surface area (Å²) in [6, 6.07) is 17.4. The number of carbonyl (C=O) groups is 1. The standard InChI is InChI=1S/C24H24N6O/c1-15-6-4-8-19(12-15)22-16(2)29-30-23(22)28-24(31)20-9-5-7-18(13-20)14-26-21-10-11-25-17(3)27-21/h4-13H,14H2,1-3H3,(H,25,26,27)(H2,28,29,30,31). The van der Waals surface area contributed by atoms with Crippen LogP contribution in [0, 0.1) is 20.8 Å². The van der Waals surface area contributed by atoms with Crippen LogP contribution in [0.4, 0.5) is 11.6 Å². The molecule has 0 atom stereocenters. The van der Waals surface area contributed by atoms with Gasteiger partial charge in [0.1, 0.15) is 11.6 Å². The predicted octanol–water partition coefficient (Wildman–Crippen LogP) is 4.66. The van der Waals surface area contributed by atoms with Crippen molar-refractivity contribution in [2.24, 2.45) is 0 Å². The Kier molecular flexibility index (Phi) is 5.75. The van der Waals surface area contributed by atoms with Gasteiger partial charge in [-0.1, -0.05) is 42.0 Å². The smallest absolute Gasteiger partial charge is 0.256 e. The van der Waals surface area contributed by atoms with Gasteiger partial charge in [0.15, 0.2) is 5.82 Å². The highest BCUT2D eigenvalue weighted by molar-refractivity contribution is 6.05. The fraction of sp³-hybridized carbons (Fsp3) is 0.167. The molecule has 0 spiro atoms. The van der Waals surface area contributed by atoms with Crippen LogP contribution in [0.2, 0.25) is 0 Å². The molecule has 0 saturated heterocycles. The maximum atomic E-state index is 12.9. The van der Waals surface area contributed by atoms with Crippen LogP contribution >= 0.6 is 0 Å². The van der Waals surface area contributed by atoms with E-state index in [1.807, 2.05) is 63.2 Å². The highest BCUT2D eigenvalue weighted by Gasteiger charge is 2.16. The minimum atomic E-state index is -0.208. The summed E-state index contributed by atoms with van der Waals surface area (Å²) >= 11 is 0. The molecule has 2 heterocycles. The fourth-order valence-electron chi connectivity index (χ4n) is 3.42. The van der Waals surface area contributed by atoms with Crippen LogP contribution in [-0.4, -0.2) is 26.1 Å². The third-order valence-electron chi connectivity index (χ3n) is 4.92. The van der Waals surface area contributed by atoms with Gasteiger partial charge >= 0.3 is 0 Å². The molecular formula is C24H24N6O. The number of amides is 1. The maximum absolute atomic E-state index is 12.9. The lowest BCUT2D eigenvalue weighted by atomic mass is 10.0. The molecule has 0 bridgehead atoms. The van der Waals surface area contributed by atoms with Gasteiger partial charge in [0, 0.05) is 29.6 Å². The van der Waals surface area contributed by atoms with Crippen LogP contribution in [0.1, 0.15) is 33.0 Å². The van der Waals surface area contributed by atoms with Crippen LogP contribution < -0.4 is 10.6 Å². The number of rotatable bonds is 6. The van der Waals surface area contributed by atoms with Gasteiger partial charge in [0.25, 0.3) is 5.91 Å². The largest absolute Gasteiger partial charge is 0.366 e. The molecule has 2 aromatic heterocycles. The highest BCUT2D eigenvalue weighted by Crippen LogP contribution is 2.30. The average Bonchev–Trinajstić information content (AvgIpc) is 3.12. The number of carbonyl (C=O) groups excluding carboxylic acids is 1. The van der Waals surface area contributed by atoms with Crippen molar-refractivity contribution in [1.82, 2.24) is 20.2 Å². The number of nitrogens with zero attached hydrogens (tertiary/aromatic N) is 3. The summed E-state index contributed by atoms with van der Waals surface area (Å²) < 4.78 is 0. The summed E-state index contributed by atoms with van der Waals surface area (Å²) in [6.07, 6.45) is 1.71. The number of aryl methyl sites for hydroxylation is 3. The molecule has 7 nitrogen and oxygen atoms in total. The molecule has 4 aromatic rings. The molecule has 2 aromatic carbocycles. The van der Waals surface area contributed by atoms with Gasteiger partial charge in [-0.15, -0.1) is 0 Å². The SMILES string of the molecule is Cc1cccc(-c2c(NC(=O)c3cccc(CNc4ccnc(C)n4)c3)n[nH]c2C)c1. The number of hydrogen-bond donors (Lipinski definition) is 3. The van der Waals surface area contributed by atoms with Crippen LogP contribution in [0.3, 0.4) is 0 Å². The molecule has 0 fully saturated rings. The molecule has 0 aliphatic heterocycles. The molecule has 3 N–H and O–H groups in total. The molecular weight excluding hydrogens is 388 g/mol. The van der Waals surface area contributed by atoms with Gasteiger partial charge in [-0.25, -0.2) is 9.97 Å². The summed E-state index contributed by atoms with van der Waals surface area (Å²) in [5.74, 6) is 1.77. The first kappa shape index (κ1) is 20.3. The quantitative estimate of drug-likeness (QED) is 0.428. The number of aromatic nitrogens is 4. The molecule has 4 rings (SSSR count). The first-order valence-corrected chi connectivity index (χ1v) is 10.1. The maximum Gasteiger partial charge on any atom is 0.256 e. The lowest BCUT2D eigenvalue weighted by Crippen LogP contribution is -2.13. The van der Waals surface area contributed by atoms with E-state index in [9.17, 15) is 4.79 Å². The summed E-state index contributed by atoms with van der Waals surface area (Å²) in [7, 11) is 0. The Labute approximate surface area is 181 Å². The average molecular weight is 412 g/mol. The topological polar surface area (TPSA) is 95.6 Å². The van der Waals surface area contributed by atoms with Gasteiger partial charge < -0.3 is 10.6 Å². The van der Waals surface area contributed by atoms with E-state index >= 15 is 0 Å². The van der Waals surface area contributed by atoms with Crippen molar-refractivity contribution in [3.8, 4) is 11.1 Å². The highest BCUT2D eigenvalue weighted by atomic mass is 16.1. The number of benzene rings is 2. The molecule has 7 heteroatoms. The van der Waals surface area contributed by atoms with Gasteiger partial charge in [-0.3, -0.25) is 9.89 Å². The zero-order chi connectivity index (χ0) is 21.8. The zero-order valence-electron chi connectivity index (χ0n) is 17.7. The van der Waals surface area contributed by atoms with E-state index in [0.29, 0.717) is 23.8 Å². The van der Waals surface area contributed by atoms with Crippen molar-refractivity contribution in [3.05, 3.63) is 89.0 Å². The second-order valence-electron chi connectivity index (χ2n) is 7.44. The van der Waals surface area contributed by atoms with E-state index in [1.54, 1.807) is 12.3 Å². The molecule has 0 radical (unpaired) electrons. The molecule has 156 valence electrons. The Morgan fingerprint density at radius 2 is 1.87 bits per heavy atom. The number of hydrogen-bond acceptors (Lipinski definition) is 5. The van der Waals surface area contributed by atoms with Gasteiger partial charge in [-0.2, -0.15) is 5.10 Å². The predicted molar refractivity (Wildman–Crippen MR) is 122 cm³/mol. The first-order valence-electron chi connectivity index (χ1n) is 10.1. The van der Waals surface area contributed by atoms with E-state index in [-0.39, 0.29) is 5.91 Å². The van der Waals surface area contributed by atoms with E-state index < -0.39 is 0 Å². The van der Waals surface area contributed by atoms with Crippen LogP contribution in [-0.2, 0) is 6.54 Å². The first-order chi connectivity index (χ1) is 15.0. The molecule has 0 aliphatic carbocycles. The molecule has 31 heavy (non-hydrogen) atoms. The summed E-state index contributed by atoms with van der Waals surface area (Å²) in [5, 5.41) is 13.5. The lowest BCUT2D eigenvalue weighted by Gasteiger charge is -2.09. The third-order valence-corrected chi connectivity index (χ3v) is 4.92. The van der Waals surface area contributed by atoms with E-state index in [1.165, 1.54) is 0 Å². The Hall–Kier alpha value is -4.00. The van der Waals surface area contributed by atoms with Crippen molar-refractivity contribution in [3.63, 3.8) is 0 Å². The lowest BCUT2D eigenvalue weighted by molar-refractivity contribution is 0.102. The molecule has 1 amide bonds.